The molecular weight excluding hydrogens is 550 g/mol. The van der Waals surface area contributed by atoms with Crippen LogP contribution >= 0.6 is 0 Å². The van der Waals surface area contributed by atoms with E-state index in [1.807, 2.05) is 18.2 Å². The van der Waals surface area contributed by atoms with E-state index in [9.17, 15) is 0 Å². The molecule has 0 spiro atoms. The van der Waals surface area contributed by atoms with Gasteiger partial charge in [-0.2, -0.15) is 0 Å². The topological polar surface area (TPSA) is 29.5 Å². The molecule has 9 rings (SSSR count). The zero-order valence-electron chi connectivity index (χ0n) is 24.4. The third-order valence-corrected chi connectivity index (χ3v) is 8.66. The molecule has 0 atom stereocenters. The molecule has 212 valence electrons. The lowest BCUT2D eigenvalue weighted by atomic mass is 9.96. The van der Waals surface area contributed by atoms with Gasteiger partial charge >= 0.3 is 0 Å². The second-order valence-corrected chi connectivity index (χ2v) is 11.3. The highest BCUT2D eigenvalue weighted by molar-refractivity contribution is 6.17. The summed E-state index contributed by atoms with van der Waals surface area (Å²) in [5.74, 6) is 0. The number of hydrogen-bond acceptors (Lipinski definition) is 3. The first-order valence-corrected chi connectivity index (χ1v) is 15.2. The van der Waals surface area contributed by atoms with Crippen molar-refractivity contribution in [1.82, 2.24) is 0 Å². The summed E-state index contributed by atoms with van der Waals surface area (Å²) in [6.07, 6.45) is 0. The van der Waals surface area contributed by atoms with Crippen molar-refractivity contribution < 1.29 is 8.83 Å². The third kappa shape index (κ3) is 4.13. The number of anilines is 3. The molecule has 45 heavy (non-hydrogen) atoms. The first-order valence-electron chi connectivity index (χ1n) is 15.2. The van der Waals surface area contributed by atoms with E-state index in [0.29, 0.717) is 0 Å². The fraction of sp³-hybridized carbons (Fsp3) is 0. The average molecular weight is 578 g/mol. The van der Waals surface area contributed by atoms with Gasteiger partial charge < -0.3 is 13.7 Å². The lowest BCUT2D eigenvalue weighted by Crippen LogP contribution is -2.10. The minimum atomic E-state index is 0.865. The highest BCUT2D eigenvalue weighted by Crippen LogP contribution is 2.46. The molecule has 0 aliphatic rings. The van der Waals surface area contributed by atoms with Gasteiger partial charge in [0.15, 0.2) is 0 Å². The Labute approximate surface area is 260 Å². The zero-order valence-corrected chi connectivity index (χ0v) is 24.4. The van der Waals surface area contributed by atoms with Crippen LogP contribution in [0.4, 0.5) is 17.1 Å². The van der Waals surface area contributed by atoms with Crippen LogP contribution in [0.2, 0.25) is 0 Å². The summed E-state index contributed by atoms with van der Waals surface area (Å²) in [5, 5.41) is 4.43. The molecule has 3 nitrogen and oxygen atoms in total. The Hall–Kier alpha value is -6.06. The fourth-order valence-electron chi connectivity index (χ4n) is 6.63. The Morgan fingerprint density at radius 2 is 0.911 bits per heavy atom. The Morgan fingerprint density at radius 3 is 1.62 bits per heavy atom. The van der Waals surface area contributed by atoms with Crippen molar-refractivity contribution in [3.05, 3.63) is 164 Å². The van der Waals surface area contributed by atoms with Gasteiger partial charge in [-0.05, 0) is 65.7 Å². The van der Waals surface area contributed by atoms with Gasteiger partial charge in [-0.1, -0.05) is 109 Å². The van der Waals surface area contributed by atoms with Gasteiger partial charge in [0.25, 0.3) is 0 Å². The van der Waals surface area contributed by atoms with Gasteiger partial charge in [-0.15, -0.1) is 0 Å². The molecule has 0 aliphatic heterocycles. The summed E-state index contributed by atoms with van der Waals surface area (Å²) in [4.78, 5) is 2.31. The van der Waals surface area contributed by atoms with Crippen molar-refractivity contribution in [3.8, 4) is 22.3 Å². The highest BCUT2D eigenvalue weighted by Gasteiger charge is 2.22. The van der Waals surface area contributed by atoms with Crippen molar-refractivity contribution in [1.29, 1.82) is 0 Å². The highest BCUT2D eigenvalue weighted by atomic mass is 16.3. The van der Waals surface area contributed by atoms with E-state index in [4.69, 9.17) is 8.83 Å². The van der Waals surface area contributed by atoms with Crippen LogP contribution in [-0.2, 0) is 0 Å². The van der Waals surface area contributed by atoms with E-state index in [0.717, 1.165) is 83.2 Å². The first kappa shape index (κ1) is 25.4. The first-order chi connectivity index (χ1) is 22.3. The predicted molar refractivity (Wildman–Crippen MR) is 187 cm³/mol. The summed E-state index contributed by atoms with van der Waals surface area (Å²) < 4.78 is 13.1. The summed E-state index contributed by atoms with van der Waals surface area (Å²) in [6.45, 7) is 0. The lowest BCUT2D eigenvalue weighted by Gasteiger charge is -2.26. The van der Waals surface area contributed by atoms with Crippen LogP contribution in [0.1, 0.15) is 0 Å². The molecule has 0 N–H and O–H groups in total. The molecule has 2 heterocycles. The van der Waals surface area contributed by atoms with Crippen molar-refractivity contribution in [2.24, 2.45) is 0 Å². The Morgan fingerprint density at radius 1 is 0.378 bits per heavy atom. The molecule has 0 unspecified atom stereocenters. The van der Waals surface area contributed by atoms with Crippen LogP contribution in [0.15, 0.2) is 173 Å². The van der Waals surface area contributed by atoms with Crippen molar-refractivity contribution in [3.63, 3.8) is 0 Å². The summed E-state index contributed by atoms with van der Waals surface area (Å²) in [5.41, 5.74) is 11.1. The fourth-order valence-corrected chi connectivity index (χ4v) is 6.63. The van der Waals surface area contributed by atoms with Crippen LogP contribution in [-0.4, -0.2) is 0 Å². The van der Waals surface area contributed by atoms with Gasteiger partial charge in [0.05, 0.1) is 11.1 Å². The number of fused-ring (bicyclic) bond motifs is 6. The summed E-state index contributed by atoms with van der Waals surface area (Å²) in [7, 11) is 0. The second kappa shape index (κ2) is 10.3. The standard InChI is InChI=1S/C42H27NO2/c1-3-15-30(16-4-1)43(31-17-5-2-6-18-31)37-26-25-33(42-40(37)36-20-8-10-24-39(36)45-42)29-14-11-13-28(27-29)32-21-12-22-35-34-19-7-9-23-38(34)44-41(32)35/h1-27H. The molecule has 2 aromatic heterocycles. The Kier molecular flexibility index (Phi) is 5.82. The largest absolute Gasteiger partial charge is 0.455 e. The predicted octanol–water partition coefficient (Wildman–Crippen LogP) is 12.3. The minimum Gasteiger partial charge on any atom is -0.455 e. The molecule has 0 fully saturated rings. The maximum absolute atomic E-state index is 6.71. The number of hydrogen-bond donors (Lipinski definition) is 0. The van der Waals surface area contributed by atoms with Gasteiger partial charge in [-0.3, -0.25) is 0 Å². The number of nitrogens with zero attached hydrogens (tertiary/aromatic N) is 1. The van der Waals surface area contributed by atoms with Crippen LogP contribution in [0.25, 0.3) is 66.1 Å². The molecule has 3 heteroatoms. The van der Waals surface area contributed by atoms with E-state index in [-0.39, 0.29) is 0 Å². The average Bonchev–Trinajstić information content (AvgIpc) is 3.69. The second-order valence-electron chi connectivity index (χ2n) is 11.3. The van der Waals surface area contributed by atoms with E-state index < -0.39 is 0 Å². The van der Waals surface area contributed by atoms with Crippen LogP contribution in [0.5, 0.6) is 0 Å². The van der Waals surface area contributed by atoms with E-state index in [1.165, 1.54) is 0 Å². The summed E-state index contributed by atoms with van der Waals surface area (Å²) in [6, 6.07) is 57.1. The van der Waals surface area contributed by atoms with E-state index in [1.54, 1.807) is 0 Å². The van der Waals surface area contributed by atoms with Crippen LogP contribution in [0.3, 0.4) is 0 Å². The SMILES string of the molecule is c1ccc(N(c2ccccc2)c2ccc(-c3cccc(-c4cccc5c4oc4ccccc45)c3)c3oc4ccccc4c23)cc1. The van der Waals surface area contributed by atoms with Gasteiger partial charge in [0.1, 0.15) is 22.3 Å². The molecule has 7 aromatic carbocycles. The number of para-hydroxylation sites is 5. The lowest BCUT2D eigenvalue weighted by molar-refractivity contribution is 0.670. The van der Waals surface area contributed by atoms with Crippen molar-refractivity contribution in [2.45, 2.75) is 0 Å². The molecule has 0 radical (unpaired) electrons. The van der Waals surface area contributed by atoms with E-state index in [2.05, 4.69) is 150 Å². The number of furan rings is 2. The Bertz CT molecular complexity index is 2450. The van der Waals surface area contributed by atoms with E-state index >= 15 is 0 Å². The quantitative estimate of drug-likeness (QED) is 0.204. The van der Waals surface area contributed by atoms with Crippen molar-refractivity contribution >= 4 is 60.9 Å². The molecule has 0 saturated carbocycles. The third-order valence-electron chi connectivity index (χ3n) is 8.66. The number of rotatable bonds is 5. The molecule has 0 amide bonds. The maximum atomic E-state index is 6.71. The van der Waals surface area contributed by atoms with Gasteiger partial charge in [0, 0.05) is 38.7 Å². The van der Waals surface area contributed by atoms with Crippen molar-refractivity contribution in [2.75, 3.05) is 4.90 Å². The molecule has 0 aliphatic carbocycles. The molecule has 0 bridgehead atoms. The molecule has 0 saturated heterocycles. The monoisotopic (exact) mass is 577 g/mol. The smallest absolute Gasteiger partial charge is 0.145 e. The zero-order chi connectivity index (χ0) is 29.7. The minimum absolute atomic E-state index is 0.865. The van der Waals surface area contributed by atoms with Gasteiger partial charge in [-0.25, -0.2) is 0 Å². The molecule has 9 aromatic rings. The summed E-state index contributed by atoms with van der Waals surface area (Å²) >= 11 is 0. The normalized spacial score (nSPS) is 11.6. The molecular formula is C42H27NO2. The number of benzene rings is 7. The van der Waals surface area contributed by atoms with Crippen LogP contribution in [0, 0.1) is 0 Å². The maximum Gasteiger partial charge on any atom is 0.145 e. The Balaban J connectivity index is 1.27. The van der Waals surface area contributed by atoms with Gasteiger partial charge in [0.2, 0.25) is 0 Å². The van der Waals surface area contributed by atoms with Crippen LogP contribution < -0.4 is 4.90 Å².